The van der Waals surface area contributed by atoms with E-state index in [0.29, 0.717) is 31.0 Å². The van der Waals surface area contributed by atoms with Gasteiger partial charge in [-0.25, -0.2) is 0 Å². The lowest BCUT2D eigenvalue weighted by Gasteiger charge is -2.29. The van der Waals surface area contributed by atoms with Crippen LogP contribution in [0.4, 0.5) is 0 Å². The lowest BCUT2D eigenvalue weighted by Crippen LogP contribution is -2.41. The van der Waals surface area contributed by atoms with E-state index >= 15 is 0 Å². The Kier molecular flexibility index (Phi) is 6.94. The number of carbonyl (C=O) groups excluding carboxylic acids is 1. The highest BCUT2D eigenvalue weighted by Gasteiger charge is 2.27. The van der Waals surface area contributed by atoms with Crippen LogP contribution >= 0.6 is 11.6 Å². The molecule has 0 spiro atoms. The van der Waals surface area contributed by atoms with Crippen molar-refractivity contribution in [3.05, 3.63) is 59.1 Å². The Morgan fingerprint density at radius 2 is 2.03 bits per heavy atom. The molecule has 1 aliphatic rings. The van der Waals surface area contributed by atoms with Crippen LogP contribution in [0.1, 0.15) is 25.3 Å². The van der Waals surface area contributed by atoms with Crippen LogP contribution in [-0.2, 0) is 9.59 Å². The summed E-state index contributed by atoms with van der Waals surface area (Å²) in [6.07, 6.45) is 4.52. The first-order valence-electron chi connectivity index (χ1n) is 9.71. The van der Waals surface area contributed by atoms with Gasteiger partial charge >= 0.3 is 5.97 Å². The number of carboxylic acid groups (broad SMARTS) is 1. The summed E-state index contributed by atoms with van der Waals surface area (Å²) in [6.45, 7) is 3.27. The molecule has 152 valence electrons. The maximum Gasteiger partial charge on any atom is 0.308 e. The third-order valence-electron chi connectivity index (χ3n) is 4.99. The molecule has 0 bridgehead atoms. The Labute approximate surface area is 175 Å². The summed E-state index contributed by atoms with van der Waals surface area (Å²) < 4.78 is 5.74. The molecule has 1 N–H and O–H groups in total. The summed E-state index contributed by atoms with van der Waals surface area (Å²) in [4.78, 5) is 25.5. The number of hydrogen-bond acceptors (Lipinski definition) is 3. The molecule has 29 heavy (non-hydrogen) atoms. The van der Waals surface area contributed by atoms with E-state index in [0.717, 1.165) is 22.4 Å². The number of amides is 1. The minimum absolute atomic E-state index is 0.194. The Hall–Kier alpha value is -2.79. The molecule has 1 amide bonds. The number of ether oxygens (including phenoxy) is 1. The lowest BCUT2D eigenvalue weighted by molar-refractivity contribution is -0.144. The minimum Gasteiger partial charge on any atom is -0.493 e. The molecule has 0 aromatic heterocycles. The third kappa shape index (κ3) is 4.98. The van der Waals surface area contributed by atoms with Crippen molar-refractivity contribution in [1.29, 1.82) is 0 Å². The summed E-state index contributed by atoms with van der Waals surface area (Å²) in [5.41, 5.74) is 2.45. The average molecular weight is 414 g/mol. The van der Waals surface area contributed by atoms with Crippen molar-refractivity contribution in [3.8, 4) is 16.9 Å². The fraction of sp³-hybridized carbons (Fsp3) is 0.304. The lowest BCUT2D eigenvalue weighted by atomic mass is 9.97. The van der Waals surface area contributed by atoms with Gasteiger partial charge in [0.05, 0.1) is 12.5 Å². The second-order valence-electron chi connectivity index (χ2n) is 6.93. The number of para-hydroxylation sites is 1. The van der Waals surface area contributed by atoms with Crippen LogP contribution in [0, 0.1) is 5.92 Å². The number of rotatable bonds is 6. The average Bonchev–Trinajstić information content (AvgIpc) is 2.73. The molecule has 1 atom stereocenters. The Morgan fingerprint density at radius 3 is 2.79 bits per heavy atom. The molecule has 1 unspecified atom stereocenters. The molecule has 2 aromatic carbocycles. The van der Waals surface area contributed by atoms with Crippen LogP contribution in [0.15, 0.2) is 48.5 Å². The Bertz CT molecular complexity index is 925. The first-order chi connectivity index (χ1) is 14.0. The first kappa shape index (κ1) is 20.9. The van der Waals surface area contributed by atoms with Crippen LogP contribution in [0.3, 0.4) is 0 Å². The number of likely N-dealkylation sites (tertiary alicyclic amines) is 1. The molecule has 1 fully saturated rings. The van der Waals surface area contributed by atoms with Gasteiger partial charge in [0, 0.05) is 35.3 Å². The zero-order valence-electron chi connectivity index (χ0n) is 16.3. The smallest absolute Gasteiger partial charge is 0.308 e. The second-order valence-corrected chi connectivity index (χ2v) is 7.34. The van der Waals surface area contributed by atoms with Gasteiger partial charge in [0.1, 0.15) is 5.75 Å². The van der Waals surface area contributed by atoms with Crippen molar-refractivity contribution in [2.75, 3.05) is 19.7 Å². The van der Waals surface area contributed by atoms with Crippen LogP contribution in [0.2, 0.25) is 5.02 Å². The number of hydrogen-bond donors (Lipinski definition) is 1. The van der Waals surface area contributed by atoms with E-state index in [2.05, 4.69) is 0 Å². The minimum atomic E-state index is -0.851. The van der Waals surface area contributed by atoms with Gasteiger partial charge in [-0.05, 0) is 43.5 Å². The van der Waals surface area contributed by atoms with Gasteiger partial charge in [-0.3, -0.25) is 9.59 Å². The number of nitrogens with zero attached hydrogens (tertiary/aromatic N) is 1. The fourth-order valence-corrected chi connectivity index (χ4v) is 3.85. The number of piperidine rings is 1. The van der Waals surface area contributed by atoms with E-state index in [-0.39, 0.29) is 12.5 Å². The SMILES string of the molecule is CCOc1ccccc1-c1c(Cl)cccc1/C=C/C(=O)N1CCCC(C(=O)O)C1. The monoisotopic (exact) mass is 413 g/mol. The van der Waals surface area contributed by atoms with Crippen molar-refractivity contribution in [1.82, 2.24) is 4.90 Å². The Balaban J connectivity index is 1.88. The van der Waals surface area contributed by atoms with Crippen molar-refractivity contribution in [2.24, 2.45) is 5.92 Å². The second kappa shape index (κ2) is 9.61. The highest BCUT2D eigenvalue weighted by molar-refractivity contribution is 6.33. The molecule has 0 radical (unpaired) electrons. The predicted octanol–water partition coefficient (Wildman–Crippen LogP) is 4.74. The number of benzene rings is 2. The summed E-state index contributed by atoms with van der Waals surface area (Å²) in [7, 11) is 0. The molecule has 1 aliphatic heterocycles. The van der Waals surface area contributed by atoms with Gasteiger partial charge in [-0.2, -0.15) is 0 Å². The molecule has 6 heteroatoms. The third-order valence-corrected chi connectivity index (χ3v) is 5.30. The van der Waals surface area contributed by atoms with Crippen molar-refractivity contribution in [3.63, 3.8) is 0 Å². The molecule has 1 heterocycles. The molecule has 2 aromatic rings. The van der Waals surface area contributed by atoms with Gasteiger partial charge in [0.25, 0.3) is 0 Å². The topological polar surface area (TPSA) is 66.8 Å². The molecule has 3 rings (SSSR count). The van der Waals surface area contributed by atoms with Gasteiger partial charge in [-0.15, -0.1) is 0 Å². The molecule has 5 nitrogen and oxygen atoms in total. The normalized spacial score (nSPS) is 16.8. The zero-order valence-corrected chi connectivity index (χ0v) is 17.1. The number of aliphatic carboxylic acids is 1. The van der Waals surface area contributed by atoms with E-state index in [1.807, 2.05) is 43.3 Å². The van der Waals surface area contributed by atoms with E-state index in [1.165, 1.54) is 6.08 Å². The Morgan fingerprint density at radius 1 is 1.24 bits per heavy atom. The molecule has 0 aliphatic carbocycles. The molecular formula is C23H24ClNO4. The van der Waals surface area contributed by atoms with Crippen LogP contribution < -0.4 is 4.74 Å². The summed E-state index contributed by atoms with van der Waals surface area (Å²) in [5.74, 6) is -0.818. The van der Waals surface area contributed by atoms with Gasteiger partial charge < -0.3 is 14.7 Å². The van der Waals surface area contributed by atoms with Crippen molar-refractivity contribution < 1.29 is 19.4 Å². The van der Waals surface area contributed by atoms with Crippen LogP contribution in [-0.4, -0.2) is 41.6 Å². The number of carboxylic acids is 1. The summed E-state index contributed by atoms with van der Waals surface area (Å²) >= 11 is 6.50. The molecule has 1 saturated heterocycles. The quantitative estimate of drug-likeness (QED) is 0.694. The van der Waals surface area contributed by atoms with Crippen molar-refractivity contribution in [2.45, 2.75) is 19.8 Å². The summed E-state index contributed by atoms with van der Waals surface area (Å²) in [5, 5.41) is 9.79. The van der Waals surface area contributed by atoms with Crippen LogP contribution in [0.5, 0.6) is 5.75 Å². The van der Waals surface area contributed by atoms with Crippen LogP contribution in [0.25, 0.3) is 17.2 Å². The highest BCUT2D eigenvalue weighted by Crippen LogP contribution is 2.38. The number of halogens is 1. The fourth-order valence-electron chi connectivity index (χ4n) is 3.56. The van der Waals surface area contributed by atoms with Gasteiger partial charge in [0.2, 0.25) is 5.91 Å². The van der Waals surface area contributed by atoms with E-state index < -0.39 is 11.9 Å². The van der Waals surface area contributed by atoms with E-state index in [4.69, 9.17) is 16.3 Å². The zero-order chi connectivity index (χ0) is 20.8. The first-order valence-corrected chi connectivity index (χ1v) is 10.1. The maximum absolute atomic E-state index is 12.6. The van der Waals surface area contributed by atoms with E-state index in [1.54, 1.807) is 17.0 Å². The maximum atomic E-state index is 12.6. The largest absolute Gasteiger partial charge is 0.493 e. The van der Waals surface area contributed by atoms with Gasteiger partial charge in [0.15, 0.2) is 0 Å². The predicted molar refractivity (Wildman–Crippen MR) is 114 cm³/mol. The standard InChI is InChI=1S/C23H24ClNO4/c1-2-29-20-11-4-3-9-18(20)22-16(7-5-10-19(22)24)12-13-21(26)25-14-6-8-17(15-25)23(27)28/h3-5,7,9-13,17H,2,6,8,14-15H2,1H3,(H,27,28)/b13-12+. The van der Waals surface area contributed by atoms with Gasteiger partial charge in [-0.1, -0.05) is 41.9 Å². The van der Waals surface area contributed by atoms with E-state index in [9.17, 15) is 14.7 Å². The molecule has 0 saturated carbocycles. The summed E-state index contributed by atoms with van der Waals surface area (Å²) in [6, 6.07) is 13.2. The highest BCUT2D eigenvalue weighted by atomic mass is 35.5. The van der Waals surface area contributed by atoms with Crippen molar-refractivity contribution >= 4 is 29.6 Å². The number of carbonyl (C=O) groups is 2. The molecular weight excluding hydrogens is 390 g/mol.